The summed E-state index contributed by atoms with van der Waals surface area (Å²) in [5.74, 6) is 0.147. The zero-order valence-corrected chi connectivity index (χ0v) is 23.2. The van der Waals surface area contributed by atoms with Crippen LogP contribution in [-0.4, -0.2) is 55.5 Å². The molecule has 0 unspecified atom stereocenters. The van der Waals surface area contributed by atoms with Gasteiger partial charge in [0.25, 0.3) is 0 Å². The van der Waals surface area contributed by atoms with Gasteiger partial charge in [-0.1, -0.05) is 46.8 Å². The fraction of sp³-hybridized carbons (Fsp3) is 0.933. The third-order valence-corrected chi connectivity index (χ3v) is 12.5. The average molecular weight is 493 g/mol. The minimum atomic E-state index is -0.986. The molecule has 202 valence electrons. The second kappa shape index (κ2) is 8.53. The molecule has 4 fully saturated rings. The van der Waals surface area contributed by atoms with Gasteiger partial charge in [0.15, 0.2) is 0 Å². The Bertz CT molecular complexity index is 837. The Hall–Kier alpha value is -0.460. The van der Waals surface area contributed by atoms with Crippen LogP contribution in [-0.2, 0) is 0 Å². The van der Waals surface area contributed by atoms with E-state index in [-0.39, 0.29) is 45.3 Å². The Morgan fingerprint density at radius 2 is 1.63 bits per heavy atom. The van der Waals surface area contributed by atoms with Crippen molar-refractivity contribution >= 4 is 0 Å². The van der Waals surface area contributed by atoms with Crippen LogP contribution >= 0.6 is 0 Å². The second-order valence-electron chi connectivity index (χ2n) is 14.8. The van der Waals surface area contributed by atoms with E-state index < -0.39 is 30.0 Å². The first-order valence-electron chi connectivity index (χ1n) is 14.0. The molecule has 4 rings (SSSR count). The molecular formula is C30H52O5. The van der Waals surface area contributed by atoms with Gasteiger partial charge >= 0.3 is 0 Å². The van der Waals surface area contributed by atoms with Crippen molar-refractivity contribution in [2.45, 2.75) is 130 Å². The molecule has 0 heterocycles. The maximum atomic E-state index is 11.8. The zero-order valence-electron chi connectivity index (χ0n) is 23.2. The van der Waals surface area contributed by atoms with Crippen molar-refractivity contribution in [3.05, 3.63) is 12.2 Å². The van der Waals surface area contributed by atoms with Crippen LogP contribution in [0.4, 0.5) is 0 Å². The Morgan fingerprint density at radius 1 is 1.00 bits per heavy atom. The molecule has 0 saturated heterocycles. The molecule has 0 aromatic rings. The Balaban J connectivity index is 1.68. The van der Waals surface area contributed by atoms with Crippen LogP contribution in [0.2, 0.25) is 0 Å². The molecule has 4 saturated carbocycles. The molecule has 0 aromatic carbocycles. The van der Waals surface area contributed by atoms with Crippen molar-refractivity contribution in [3.8, 4) is 0 Å². The normalized spacial score (nSPS) is 51.5. The molecule has 4 aliphatic rings. The molecule has 35 heavy (non-hydrogen) atoms. The van der Waals surface area contributed by atoms with Gasteiger partial charge in [0.05, 0.1) is 30.0 Å². The highest BCUT2D eigenvalue weighted by Crippen LogP contribution is 2.75. The first-order chi connectivity index (χ1) is 15.9. The highest BCUT2D eigenvalue weighted by molar-refractivity contribution is 5.21. The number of aliphatic hydroxyl groups is 5. The molecule has 0 aliphatic heterocycles. The first-order valence-corrected chi connectivity index (χ1v) is 14.0. The van der Waals surface area contributed by atoms with E-state index in [1.54, 1.807) is 0 Å². The summed E-state index contributed by atoms with van der Waals surface area (Å²) in [6, 6.07) is 0. The standard InChI is InChI=1S/C30H52O5/c1-17(2)19(31)10-14-30(8,35)18-9-13-28(6)24(18)20(32)15-22-27(5)12-11-23(34)26(3,4)25(27)21(33)16-29(22,28)7/h18-25,31-35H,1,9-16H2,2-8H3/t18-,19-,20+,21-,22+,23-,24-,25-,27+,28+,29+,30-/m0/s1. The summed E-state index contributed by atoms with van der Waals surface area (Å²) < 4.78 is 0. The lowest BCUT2D eigenvalue weighted by molar-refractivity contribution is -0.274. The predicted molar refractivity (Wildman–Crippen MR) is 138 cm³/mol. The van der Waals surface area contributed by atoms with E-state index in [0.29, 0.717) is 31.3 Å². The smallest absolute Gasteiger partial charge is 0.0745 e. The van der Waals surface area contributed by atoms with Crippen molar-refractivity contribution in [3.63, 3.8) is 0 Å². The number of rotatable bonds is 5. The summed E-state index contributed by atoms with van der Waals surface area (Å²) in [4.78, 5) is 0. The fourth-order valence-electron chi connectivity index (χ4n) is 10.5. The molecule has 0 radical (unpaired) electrons. The summed E-state index contributed by atoms with van der Waals surface area (Å²) in [6.45, 7) is 18.7. The highest BCUT2D eigenvalue weighted by Gasteiger charge is 2.72. The second-order valence-corrected chi connectivity index (χ2v) is 14.8. The van der Waals surface area contributed by atoms with Crippen LogP contribution in [0.15, 0.2) is 12.2 Å². The molecule has 5 N–H and O–H groups in total. The molecule has 0 spiro atoms. The quantitative estimate of drug-likeness (QED) is 0.365. The van der Waals surface area contributed by atoms with Gasteiger partial charge in [0, 0.05) is 0 Å². The topological polar surface area (TPSA) is 101 Å². The number of fused-ring (bicyclic) bond motifs is 5. The fourth-order valence-corrected chi connectivity index (χ4v) is 10.5. The third-order valence-electron chi connectivity index (χ3n) is 12.5. The molecule has 5 heteroatoms. The van der Waals surface area contributed by atoms with E-state index in [1.165, 1.54) is 0 Å². The van der Waals surface area contributed by atoms with Gasteiger partial charge < -0.3 is 25.5 Å². The lowest BCUT2D eigenvalue weighted by Crippen LogP contribution is -2.69. The van der Waals surface area contributed by atoms with Crippen LogP contribution in [0.5, 0.6) is 0 Å². The summed E-state index contributed by atoms with van der Waals surface area (Å²) >= 11 is 0. The van der Waals surface area contributed by atoms with E-state index in [4.69, 9.17) is 0 Å². The van der Waals surface area contributed by atoms with Gasteiger partial charge in [-0.25, -0.2) is 0 Å². The van der Waals surface area contributed by atoms with Crippen molar-refractivity contribution in [2.75, 3.05) is 0 Å². The summed E-state index contributed by atoms with van der Waals surface area (Å²) in [5.41, 5.74) is -1.17. The average Bonchev–Trinajstić information content (AvgIpc) is 3.12. The van der Waals surface area contributed by atoms with Crippen molar-refractivity contribution in [1.29, 1.82) is 0 Å². The molecule has 0 amide bonds. The molecule has 5 nitrogen and oxygen atoms in total. The van der Waals surface area contributed by atoms with E-state index in [0.717, 1.165) is 25.7 Å². The van der Waals surface area contributed by atoms with Crippen LogP contribution in [0.3, 0.4) is 0 Å². The summed E-state index contributed by atoms with van der Waals surface area (Å²) in [6.07, 6.45) is 3.62. The van der Waals surface area contributed by atoms with Gasteiger partial charge in [0.2, 0.25) is 0 Å². The number of hydrogen-bond acceptors (Lipinski definition) is 5. The molecule has 0 bridgehead atoms. The Morgan fingerprint density at radius 3 is 2.23 bits per heavy atom. The minimum Gasteiger partial charge on any atom is -0.393 e. The largest absolute Gasteiger partial charge is 0.393 e. The van der Waals surface area contributed by atoms with Gasteiger partial charge in [-0.05, 0) is 111 Å². The Kier molecular flexibility index (Phi) is 6.72. The third kappa shape index (κ3) is 3.81. The van der Waals surface area contributed by atoms with Crippen LogP contribution in [0.25, 0.3) is 0 Å². The van der Waals surface area contributed by atoms with E-state index in [1.807, 2.05) is 13.8 Å². The summed E-state index contributed by atoms with van der Waals surface area (Å²) in [7, 11) is 0. The monoisotopic (exact) mass is 492 g/mol. The molecular weight excluding hydrogens is 440 g/mol. The van der Waals surface area contributed by atoms with E-state index in [9.17, 15) is 25.5 Å². The van der Waals surface area contributed by atoms with Crippen molar-refractivity contribution in [2.24, 2.45) is 45.3 Å². The van der Waals surface area contributed by atoms with E-state index >= 15 is 0 Å². The first kappa shape index (κ1) is 27.6. The molecule has 4 aliphatic carbocycles. The van der Waals surface area contributed by atoms with Gasteiger partial charge in [-0.3, -0.25) is 0 Å². The molecule has 0 aromatic heterocycles. The molecule has 12 atom stereocenters. The highest BCUT2D eigenvalue weighted by atomic mass is 16.3. The predicted octanol–water partition coefficient (Wildman–Crippen LogP) is 4.44. The van der Waals surface area contributed by atoms with Crippen LogP contribution < -0.4 is 0 Å². The van der Waals surface area contributed by atoms with Crippen LogP contribution in [0.1, 0.15) is 99.8 Å². The number of aliphatic hydroxyl groups excluding tert-OH is 4. The van der Waals surface area contributed by atoms with E-state index in [2.05, 4.69) is 41.2 Å². The lowest BCUT2D eigenvalue weighted by atomic mass is 9.34. The maximum Gasteiger partial charge on any atom is 0.0745 e. The lowest BCUT2D eigenvalue weighted by Gasteiger charge is -2.71. The van der Waals surface area contributed by atoms with Crippen molar-refractivity contribution < 1.29 is 25.5 Å². The van der Waals surface area contributed by atoms with Gasteiger partial charge in [-0.2, -0.15) is 0 Å². The zero-order chi connectivity index (χ0) is 26.4. The number of hydrogen-bond donors (Lipinski definition) is 5. The summed E-state index contributed by atoms with van der Waals surface area (Å²) in [5, 5.41) is 56.3. The SMILES string of the molecule is C=C(C)[C@@H](O)CC[C@](C)(O)[C@H]1CC[C@]2(C)[C@@H]1[C@H](O)C[C@@H]1[C@@]3(C)CC[C@H](O)C(C)(C)[C@@H]3[C@@H](O)C[C@]12C. The Labute approximate surface area is 213 Å². The van der Waals surface area contributed by atoms with Gasteiger partial charge in [0.1, 0.15) is 0 Å². The van der Waals surface area contributed by atoms with Crippen molar-refractivity contribution in [1.82, 2.24) is 0 Å². The maximum absolute atomic E-state index is 11.8. The van der Waals surface area contributed by atoms with Crippen LogP contribution in [0, 0.1) is 45.3 Å². The minimum absolute atomic E-state index is 0.00638. The van der Waals surface area contributed by atoms with Gasteiger partial charge in [-0.15, -0.1) is 0 Å².